The largest absolute Gasteiger partial charge is 0.444 e. The van der Waals surface area contributed by atoms with Crippen molar-refractivity contribution in [3.63, 3.8) is 0 Å². The summed E-state index contributed by atoms with van der Waals surface area (Å²) < 4.78 is 5.40. The molecule has 1 rings (SSSR count). The monoisotopic (exact) mass is 461 g/mol. The molecule has 0 spiro atoms. The van der Waals surface area contributed by atoms with Crippen molar-refractivity contribution >= 4 is 17.9 Å². The van der Waals surface area contributed by atoms with Gasteiger partial charge in [-0.3, -0.25) is 9.59 Å². The first-order valence-corrected chi connectivity index (χ1v) is 12.1. The Labute approximate surface area is 199 Å². The molecule has 33 heavy (non-hydrogen) atoms. The van der Waals surface area contributed by atoms with Crippen molar-refractivity contribution in [1.29, 1.82) is 0 Å². The Kier molecular flexibility index (Phi) is 12.0. The van der Waals surface area contributed by atoms with Gasteiger partial charge in [0.05, 0.1) is 0 Å². The van der Waals surface area contributed by atoms with Crippen LogP contribution < -0.4 is 10.6 Å². The first-order valence-electron chi connectivity index (χ1n) is 12.1. The van der Waals surface area contributed by atoms with Crippen LogP contribution >= 0.6 is 0 Å². The smallest absolute Gasteiger partial charge is 0.408 e. The average molecular weight is 462 g/mol. The SMILES string of the molecule is CCCCNC(=O)C(c1ccccc1)N(CCC)C(=O)C(CC(C)C)NC(=O)OC(C)(C)C. The Bertz CT molecular complexity index is 744. The van der Waals surface area contributed by atoms with Crippen LogP contribution in [0, 0.1) is 5.92 Å². The van der Waals surface area contributed by atoms with Gasteiger partial charge in [-0.25, -0.2) is 4.79 Å². The van der Waals surface area contributed by atoms with Crippen molar-refractivity contribution in [2.45, 2.75) is 91.8 Å². The van der Waals surface area contributed by atoms with Crippen molar-refractivity contribution in [3.05, 3.63) is 35.9 Å². The first-order chi connectivity index (χ1) is 15.5. The van der Waals surface area contributed by atoms with Crippen LogP contribution in [-0.2, 0) is 14.3 Å². The maximum Gasteiger partial charge on any atom is 0.408 e. The molecule has 0 radical (unpaired) electrons. The highest BCUT2D eigenvalue weighted by Crippen LogP contribution is 2.24. The molecule has 0 aliphatic carbocycles. The van der Waals surface area contributed by atoms with E-state index >= 15 is 0 Å². The maximum atomic E-state index is 13.8. The van der Waals surface area contributed by atoms with E-state index in [2.05, 4.69) is 17.6 Å². The molecule has 0 heterocycles. The first kappa shape index (κ1) is 28.5. The Morgan fingerprint density at radius 2 is 1.67 bits per heavy atom. The molecule has 3 amide bonds. The number of benzene rings is 1. The fourth-order valence-electron chi connectivity index (χ4n) is 3.54. The van der Waals surface area contributed by atoms with Crippen LogP contribution in [0.5, 0.6) is 0 Å². The number of nitrogens with zero attached hydrogens (tertiary/aromatic N) is 1. The molecule has 0 aromatic heterocycles. The van der Waals surface area contributed by atoms with Gasteiger partial charge < -0.3 is 20.3 Å². The number of alkyl carbamates (subject to hydrolysis) is 1. The molecule has 1 aromatic carbocycles. The van der Waals surface area contributed by atoms with Crippen LogP contribution in [0.4, 0.5) is 4.79 Å². The van der Waals surface area contributed by atoms with Crippen molar-refractivity contribution in [3.8, 4) is 0 Å². The van der Waals surface area contributed by atoms with Gasteiger partial charge in [0.15, 0.2) is 0 Å². The third-order valence-electron chi connectivity index (χ3n) is 4.95. The van der Waals surface area contributed by atoms with Crippen LogP contribution in [0.3, 0.4) is 0 Å². The molecule has 0 fully saturated rings. The normalized spacial score (nSPS) is 13.2. The molecule has 2 unspecified atom stereocenters. The lowest BCUT2D eigenvalue weighted by atomic mass is 9.99. The second-order valence-electron chi connectivity index (χ2n) is 9.82. The zero-order chi connectivity index (χ0) is 25.0. The molecular weight excluding hydrogens is 418 g/mol. The zero-order valence-electron chi connectivity index (χ0n) is 21.4. The Hall–Kier alpha value is -2.57. The summed E-state index contributed by atoms with van der Waals surface area (Å²) in [5.74, 6) is -0.334. The van der Waals surface area contributed by atoms with Crippen LogP contribution in [0.1, 0.15) is 85.8 Å². The van der Waals surface area contributed by atoms with Crippen LogP contribution in [-0.4, -0.2) is 47.5 Å². The van der Waals surface area contributed by atoms with E-state index in [9.17, 15) is 14.4 Å². The predicted molar refractivity (Wildman–Crippen MR) is 132 cm³/mol. The number of ether oxygens (including phenoxy) is 1. The lowest BCUT2D eigenvalue weighted by Gasteiger charge is -2.34. The highest BCUT2D eigenvalue weighted by molar-refractivity contribution is 5.92. The van der Waals surface area contributed by atoms with Crippen LogP contribution in [0.25, 0.3) is 0 Å². The highest BCUT2D eigenvalue weighted by Gasteiger charge is 2.36. The summed E-state index contributed by atoms with van der Waals surface area (Å²) in [6, 6.07) is 7.76. The maximum absolute atomic E-state index is 13.8. The summed E-state index contributed by atoms with van der Waals surface area (Å²) in [7, 11) is 0. The second-order valence-corrected chi connectivity index (χ2v) is 9.82. The Morgan fingerprint density at radius 3 is 2.18 bits per heavy atom. The van der Waals surface area contributed by atoms with Crippen molar-refractivity contribution < 1.29 is 19.1 Å². The number of hydrogen-bond donors (Lipinski definition) is 2. The number of carbonyl (C=O) groups is 3. The molecule has 0 bridgehead atoms. The lowest BCUT2D eigenvalue weighted by Crippen LogP contribution is -2.53. The third-order valence-corrected chi connectivity index (χ3v) is 4.95. The van der Waals surface area contributed by atoms with Gasteiger partial charge in [0, 0.05) is 13.1 Å². The summed E-state index contributed by atoms with van der Waals surface area (Å²) in [5, 5.41) is 5.74. The zero-order valence-corrected chi connectivity index (χ0v) is 21.4. The van der Waals surface area contributed by atoms with E-state index in [0.717, 1.165) is 18.4 Å². The topological polar surface area (TPSA) is 87.7 Å². The van der Waals surface area contributed by atoms with Crippen LogP contribution in [0.2, 0.25) is 0 Å². The van der Waals surface area contributed by atoms with E-state index in [1.165, 1.54) is 0 Å². The van der Waals surface area contributed by atoms with E-state index in [1.54, 1.807) is 25.7 Å². The average Bonchev–Trinajstić information content (AvgIpc) is 2.71. The van der Waals surface area contributed by atoms with E-state index in [4.69, 9.17) is 4.74 Å². The van der Waals surface area contributed by atoms with Gasteiger partial charge in [-0.1, -0.05) is 64.4 Å². The molecule has 0 saturated carbocycles. The fourth-order valence-corrected chi connectivity index (χ4v) is 3.54. The minimum atomic E-state index is -0.791. The number of hydrogen-bond acceptors (Lipinski definition) is 4. The minimum Gasteiger partial charge on any atom is -0.444 e. The molecule has 0 aliphatic heterocycles. The third kappa shape index (κ3) is 10.3. The fraction of sp³-hybridized carbons (Fsp3) is 0.654. The Balaban J connectivity index is 3.29. The van der Waals surface area contributed by atoms with Gasteiger partial charge in [0.1, 0.15) is 17.7 Å². The molecule has 0 aliphatic rings. The van der Waals surface area contributed by atoms with Gasteiger partial charge in [0.25, 0.3) is 0 Å². The lowest BCUT2D eigenvalue weighted by molar-refractivity contribution is -0.142. The molecule has 2 atom stereocenters. The number of carbonyl (C=O) groups excluding carboxylic acids is 3. The highest BCUT2D eigenvalue weighted by atomic mass is 16.6. The number of rotatable bonds is 12. The standard InChI is InChI=1S/C26H43N3O4/c1-8-10-16-27-23(30)22(20-14-12-11-13-15-20)29(17-9-2)24(31)21(18-19(3)4)28-25(32)33-26(5,6)7/h11-15,19,21-22H,8-10,16-18H2,1-7H3,(H,27,30)(H,28,32). The van der Waals surface area contributed by atoms with Crippen molar-refractivity contribution in [2.75, 3.05) is 13.1 Å². The van der Waals surface area contributed by atoms with Gasteiger partial charge in [-0.2, -0.15) is 0 Å². The molecule has 0 saturated heterocycles. The minimum absolute atomic E-state index is 0.158. The van der Waals surface area contributed by atoms with Gasteiger partial charge >= 0.3 is 6.09 Å². The van der Waals surface area contributed by atoms with Crippen molar-refractivity contribution in [2.24, 2.45) is 5.92 Å². The van der Waals surface area contributed by atoms with Crippen LogP contribution in [0.15, 0.2) is 30.3 Å². The summed E-state index contributed by atoms with van der Waals surface area (Å²) in [4.78, 5) is 41.2. The molecule has 186 valence electrons. The second kappa shape index (κ2) is 13.9. The number of unbranched alkanes of at least 4 members (excludes halogenated alkanes) is 1. The summed E-state index contributed by atoms with van der Waals surface area (Å²) >= 11 is 0. The molecule has 7 nitrogen and oxygen atoms in total. The van der Waals surface area contributed by atoms with E-state index in [0.29, 0.717) is 25.9 Å². The predicted octanol–water partition coefficient (Wildman–Crippen LogP) is 4.82. The molecular formula is C26H43N3O4. The summed E-state index contributed by atoms with van der Waals surface area (Å²) in [6.07, 6.45) is 2.31. The van der Waals surface area contributed by atoms with Gasteiger partial charge in [0.2, 0.25) is 11.8 Å². The quantitative estimate of drug-likeness (QED) is 0.437. The molecule has 2 N–H and O–H groups in total. The van der Waals surface area contributed by atoms with Crippen molar-refractivity contribution in [1.82, 2.24) is 15.5 Å². The van der Waals surface area contributed by atoms with Gasteiger partial charge in [-0.15, -0.1) is 0 Å². The summed E-state index contributed by atoms with van der Waals surface area (Å²) in [6.45, 7) is 14.3. The molecule has 1 aromatic rings. The van der Waals surface area contributed by atoms with E-state index in [-0.39, 0.29) is 17.7 Å². The summed E-state index contributed by atoms with van der Waals surface area (Å²) in [5.41, 5.74) is 0.0681. The number of nitrogens with one attached hydrogen (secondary N) is 2. The molecule has 7 heteroatoms. The number of amides is 3. The van der Waals surface area contributed by atoms with E-state index in [1.807, 2.05) is 51.1 Å². The Morgan fingerprint density at radius 1 is 1.03 bits per heavy atom. The van der Waals surface area contributed by atoms with E-state index < -0.39 is 23.8 Å². The van der Waals surface area contributed by atoms with Gasteiger partial charge in [-0.05, 0) is 51.5 Å².